The highest BCUT2D eigenvalue weighted by Crippen LogP contribution is 2.89. The number of carbonyl (C=O) groups excluding carboxylic acids is 1. The fraction of sp³-hybridized carbons (Fsp3) is 0.844. The standard InChI is InChI=1S/C45H69NO8/c1-26-11-12-29(30(21-26)50-10)23-46-19-20-51-35(24-46)54-34-15-16-44-25-45(44)18-17-42(8)36-27(2)22-31(39(41(6,7)49)52-28(3)47)53-37(36)38(48)43(42,9)33(45)14-13-32(44)40(34,4)5/h11-12,21,27,31-39,48-49H,13-20,22-25H2,1-10H3/t27?,31-,32+,33+,34+,35+,36?,37+,38+,39+,42-,43-,44-,45+/m1/s1. The Balaban J connectivity index is 0.987. The van der Waals surface area contributed by atoms with Crippen LogP contribution in [-0.2, 0) is 30.3 Å². The first-order valence-electron chi connectivity index (χ1n) is 21.2. The summed E-state index contributed by atoms with van der Waals surface area (Å²) in [5.74, 6) is 1.99. The summed E-state index contributed by atoms with van der Waals surface area (Å²) in [6.07, 6.45) is 6.45. The van der Waals surface area contributed by atoms with Gasteiger partial charge in [0.1, 0.15) is 5.75 Å². The lowest BCUT2D eigenvalue weighted by Gasteiger charge is -2.64. The smallest absolute Gasteiger partial charge is 0.303 e. The van der Waals surface area contributed by atoms with Crippen LogP contribution in [0.4, 0.5) is 0 Å². The first-order chi connectivity index (χ1) is 25.3. The van der Waals surface area contributed by atoms with Crippen molar-refractivity contribution in [2.45, 2.75) is 163 Å². The predicted molar refractivity (Wildman–Crippen MR) is 206 cm³/mol. The van der Waals surface area contributed by atoms with E-state index in [1.807, 2.05) is 0 Å². The summed E-state index contributed by atoms with van der Waals surface area (Å²) in [4.78, 5) is 14.6. The summed E-state index contributed by atoms with van der Waals surface area (Å²) in [6.45, 7) is 22.1. The third-order valence-corrected chi connectivity index (χ3v) is 17.4. The maximum atomic E-state index is 12.7. The predicted octanol–water partition coefficient (Wildman–Crippen LogP) is 7.06. The SMILES string of the molecule is COc1cc(C)ccc1CN1CCO[C@@H](O[C@H]2CC[C@]34C[C@]35CC[C@]3(C)C6C(C)C[C@H]([C@H](OC(C)=O)C(C)(C)O)O[C@@H]6[C@H](O)[C@@]3(C)[C@@H]5CC[C@H]4C2(C)C)C1. The number of methoxy groups -OCH3 is 1. The first kappa shape index (κ1) is 39.1. The average molecular weight is 752 g/mol. The molecule has 302 valence electrons. The van der Waals surface area contributed by atoms with Gasteiger partial charge in [-0.2, -0.15) is 0 Å². The van der Waals surface area contributed by atoms with E-state index in [2.05, 4.69) is 64.6 Å². The number of nitrogens with zero attached hydrogens (tertiary/aromatic N) is 1. The molecule has 0 radical (unpaired) electrons. The fourth-order valence-corrected chi connectivity index (χ4v) is 14.9. The highest BCUT2D eigenvalue weighted by atomic mass is 16.7. The minimum atomic E-state index is -1.26. The second-order valence-corrected chi connectivity index (χ2v) is 20.7. The molecule has 2 heterocycles. The Hall–Kier alpha value is -1.75. The second kappa shape index (κ2) is 13.1. The van der Waals surface area contributed by atoms with Gasteiger partial charge in [0.25, 0.3) is 0 Å². The Morgan fingerprint density at radius 3 is 2.50 bits per heavy atom. The molecule has 2 unspecified atom stereocenters. The molecule has 0 bridgehead atoms. The van der Waals surface area contributed by atoms with Crippen molar-refractivity contribution >= 4 is 5.97 Å². The number of hydrogen-bond acceptors (Lipinski definition) is 9. The molecule has 8 rings (SSSR count). The minimum Gasteiger partial charge on any atom is -0.496 e. The number of ether oxygens (including phenoxy) is 5. The largest absolute Gasteiger partial charge is 0.496 e. The van der Waals surface area contributed by atoms with Gasteiger partial charge in [-0.25, -0.2) is 0 Å². The number of fused-ring (bicyclic) bond motifs is 4. The lowest BCUT2D eigenvalue weighted by Crippen LogP contribution is -2.60. The Labute approximate surface area is 324 Å². The molecule has 0 aromatic heterocycles. The van der Waals surface area contributed by atoms with Crippen LogP contribution >= 0.6 is 0 Å². The maximum absolute atomic E-state index is 12.7. The number of hydrogen-bond donors (Lipinski definition) is 2. The van der Waals surface area contributed by atoms with Crippen LogP contribution < -0.4 is 4.74 Å². The molecule has 2 saturated heterocycles. The van der Waals surface area contributed by atoms with Gasteiger partial charge in [0.05, 0.1) is 43.7 Å². The molecule has 9 heteroatoms. The van der Waals surface area contributed by atoms with Gasteiger partial charge >= 0.3 is 5.97 Å². The molecule has 5 saturated carbocycles. The molecule has 7 fully saturated rings. The lowest BCUT2D eigenvalue weighted by molar-refractivity contribution is -0.249. The number of benzene rings is 1. The zero-order chi connectivity index (χ0) is 38.8. The Kier molecular flexibility index (Phi) is 9.51. The Morgan fingerprint density at radius 1 is 1.07 bits per heavy atom. The van der Waals surface area contributed by atoms with Gasteiger partial charge in [0.2, 0.25) is 0 Å². The van der Waals surface area contributed by atoms with Crippen LogP contribution in [0.2, 0.25) is 0 Å². The lowest BCUT2D eigenvalue weighted by atomic mass is 9.41. The van der Waals surface area contributed by atoms with E-state index in [9.17, 15) is 15.0 Å². The molecule has 9 nitrogen and oxygen atoms in total. The average Bonchev–Trinajstić information content (AvgIpc) is 3.73. The Bertz CT molecular complexity index is 1610. The van der Waals surface area contributed by atoms with Gasteiger partial charge in [0, 0.05) is 37.5 Å². The zero-order valence-electron chi connectivity index (χ0n) is 34.8. The molecule has 54 heavy (non-hydrogen) atoms. The van der Waals surface area contributed by atoms with Crippen LogP contribution in [0.1, 0.15) is 118 Å². The molecule has 2 aliphatic heterocycles. The van der Waals surface area contributed by atoms with Crippen LogP contribution in [0.25, 0.3) is 0 Å². The number of aliphatic hydroxyl groups is 2. The number of aryl methyl sites for hydroxylation is 1. The van der Waals surface area contributed by atoms with Gasteiger partial charge < -0.3 is 33.9 Å². The summed E-state index contributed by atoms with van der Waals surface area (Å²) in [5, 5.41) is 23.7. The van der Waals surface area contributed by atoms with E-state index in [1.165, 1.54) is 37.3 Å². The quantitative estimate of drug-likeness (QED) is 0.270. The van der Waals surface area contributed by atoms with Crippen molar-refractivity contribution < 1.29 is 38.7 Å². The molecular weight excluding hydrogens is 682 g/mol. The third kappa shape index (κ3) is 5.62. The van der Waals surface area contributed by atoms with Crippen molar-refractivity contribution in [3.63, 3.8) is 0 Å². The minimum absolute atomic E-state index is 0.0101. The summed E-state index contributed by atoms with van der Waals surface area (Å²) in [5.41, 5.74) is 1.32. The van der Waals surface area contributed by atoms with Crippen molar-refractivity contribution in [3.8, 4) is 5.75 Å². The van der Waals surface area contributed by atoms with Crippen LogP contribution in [0.5, 0.6) is 5.75 Å². The summed E-state index contributed by atoms with van der Waals surface area (Å²) in [6, 6.07) is 6.45. The van der Waals surface area contributed by atoms with Gasteiger partial charge in [-0.15, -0.1) is 0 Å². The van der Waals surface area contributed by atoms with Crippen molar-refractivity contribution in [1.29, 1.82) is 0 Å². The monoisotopic (exact) mass is 752 g/mol. The third-order valence-electron chi connectivity index (χ3n) is 17.4. The van der Waals surface area contributed by atoms with Crippen molar-refractivity contribution in [2.24, 2.45) is 50.7 Å². The van der Waals surface area contributed by atoms with Gasteiger partial charge in [-0.3, -0.25) is 9.69 Å². The normalized spacial score (nSPS) is 45.9. The molecular formula is C45H69NO8. The molecule has 14 atom stereocenters. The molecule has 0 amide bonds. The van der Waals surface area contributed by atoms with Crippen molar-refractivity contribution in [1.82, 2.24) is 4.90 Å². The number of morpholine rings is 1. The second-order valence-electron chi connectivity index (χ2n) is 20.7. The highest BCUT2D eigenvalue weighted by Gasteiger charge is 2.84. The van der Waals surface area contributed by atoms with Crippen LogP contribution in [0.15, 0.2) is 18.2 Å². The number of aliphatic hydroxyl groups excluding tert-OH is 1. The molecule has 7 aliphatic rings. The van der Waals surface area contributed by atoms with E-state index in [0.717, 1.165) is 51.1 Å². The van der Waals surface area contributed by atoms with Crippen LogP contribution in [0, 0.1) is 57.7 Å². The summed E-state index contributed by atoms with van der Waals surface area (Å²) in [7, 11) is 1.75. The molecule has 1 aromatic carbocycles. The Morgan fingerprint density at radius 2 is 1.80 bits per heavy atom. The molecule has 2 spiro atoms. The highest BCUT2D eigenvalue weighted by molar-refractivity contribution is 5.66. The topological polar surface area (TPSA) is 107 Å². The number of rotatable bonds is 8. The van der Waals surface area contributed by atoms with Crippen LogP contribution in [0.3, 0.4) is 0 Å². The fourth-order valence-electron chi connectivity index (χ4n) is 14.9. The van der Waals surface area contributed by atoms with E-state index in [1.54, 1.807) is 21.0 Å². The molecule has 2 N–H and O–H groups in total. The van der Waals surface area contributed by atoms with Crippen LogP contribution in [-0.4, -0.2) is 90.3 Å². The van der Waals surface area contributed by atoms with E-state index in [0.29, 0.717) is 24.9 Å². The molecule has 1 aromatic rings. The number of carbonyl (C=O) groups is 1. The van der Waals surface area contributed by atoms with E-state index in [-0.39, 0.29) is 57.4 Å². The molecule has 5 aliphatic carbocycles. The summed E-state index contributed by atoms with van der Waals surface area (Å²) >= 11 is 0. The number of esters is 1. The van der Waals surface area contributed by atoms with E-state index < -0.39 is 29.9 Å². The van der Waals surface area contributed by atoms with Gasteiger partial charge in [-0.1, -0.05) is 46.8 Å². The van der Waals surface area contributed by atoms with Gasteiger partial charge in [-0.05, 0) is 129 Å². The van der Waals surface area contributed by atoms with E-state index in [4.69, 9.17) is 23.7 Å². The van der Waals surface area contributed by atoms with Crippen molar-refractivity contribution in [3.05, 3.63) is 29.3 Å². The zero-order valence-corrected chi connectivity index (χ0v) is 34.8. The van der Waals surface area contributed by atoms with E-state index >= 15 is 0 Å². The summed E-state index contributed by atoms with van der Waals surface area (Å²) < 4.78 is 31.6. The van der Waals surface area contributed by atoms with Crippen molar-refractivity contribution in [2.75, 3.05) is 26.8 Å². The van der Waals surface area contributed by atoms with Gasteiger partial charge in [0.15, 0.2) is 12.4 Å². The maximum Gasteiger partial charge on any atom is 0.303 e. The first-order valence-corrected chi connectivity index (χ1v) is 21.2.